The van der Waals surface area contributed by atoms with Crippen LogP contribution in [-0.2, 0) is 27.3 Å². The van der Waals surface area contributed by atoms with E-state index >= 15 is 0 Å². The van der Waals surface area contributed by atoms with Crippen molar-refractivity contribution in [3.05, 3.63) is 101 Å². The third-order valence-corrected chi connectivity index (χ3v) is 8.05. The first-order valence-corrected chi connectivity index (χ1v) is 14.5. The minimum Gasteiger partial charge on any atom is -0.508 e. The number of carbonyl (C=O) groups is 5. The normalized spacial score (nSPS) is 17.3. The molecule has 0 spiro atoms. The summed E-state index contributed by atoms with van der Waals surface area (Å²) in [4.78, 5) is 68.4. The molecule has 3 aromatic carbocycles. The number of nitrogens with one attached hydrogen (secondary N) is 1. The zero-order valence-electron chi connectivity index (χ0n) is 24.1. The van der Waals surface area contributed by atoms with Gasteiger partial charge < -0.3 is 30.2 Å². The smallest absolute Gasteiger partial charge is 0.326 e. The van der Waals surface area contributed by atoms with E-state index < -0.39 is 24.0 Å². The van der Waals surface area contributed by atoms with Crippen molar-refractivity contribution in [1.82, 2.24) is 20.0 Å². The topological polar surface area (TPSA) is 148 Å². The van der Waals surface area contributed by atoms with Crippen LogP contribution in [0.4, 0.5) is 0 Å². The van der Waals surface area contributed by atoms with Crippen LogP contribution in [0.1, 0.15) is 44.7 Å². The Balaban J connectivity index is 1.15. The van der Waals surface area contributed by atoms with Crippen molar-refractivity contribution in [1.29, 1.82) is 0 Å². The number of amides is 4. The number of hydrogen-bond donors (Lipinski definition) is 3. The zero-order valence-corrected chi connectivity index (χ0v) is 24.1. The number of carboxylic acid groups (broad SMARTS) is 1. The van der Waals surface area contributed by atoms with Gasteiger partial charge in [-0.2, -0.15) is 0 Å². The summed E-state index contributed by atoms with van der Waals surface area (Å²) in [6.07, 6.45) is 0.550. The summed E-state index contributed by atoms with van der Waals surface area (Å²) < 4.78 is 0. The van der Waals surface area contributed by atoms with Gasteiger partial charge in [0, 0.05) is 56.7 Å². The molecule has 0 bridgehead atoms. The van der Waals surface area contributed by atoms with Crippen molar-refractivity contribution in [2.75, 3.05) is 26.2 Å². The average molecular weight is 599 g/mol. The average Bonchev–Trinajstić information content (AvgIpc) is 3.40. The molecule has 0 unspecified atom stereocenters. The maximum Gasteiger partial charge on any atom is 0.326 e. The predicted molar refractivity (Wildman–Crippen MR) is 160 cm³/mol. The molecular formula is C33H34N4O7. The fourth-order valence-corrected chi connectivity index (χ4v) is 5.55. The Kier molecular flexibility index (Phi) is 9.23. The second-order valence-electron chi connectivity index (χ2n) is 11.0. The molecule has 2 heterocycles. The fourth-order valence-electron chi connectivity index (χ4n) is 5.55. The summed E-state index contributed by atoms with van der Waals surface area (Å²) in [6, 6.07) is 20.0. The molecule has 0 saturated carbocycles. The van der Waals surface area contributed by atoms with Crippen molar-refractivity contribution < 1.29 is 34.2 Å². The van der Waals surface area contributed by atoms with E-state index in [0.717, 1.165) is 5.56 Å². The monoisotopic (exact) mass is 598 g/mol. The van der Waals surface area contributed by atoms with E-state index in [1.165, 1.54) is 17.0 Å². The van der Waals surface area contributed by atoms with Gasteiger partial charge in [0.25, 0.3) is 11.8 Å². The van der Waals surface area contributed by atoms with Crippen LogP contribution in [-0.4, -0.2) is 92.8 Å². The number of aromatic hydroxyl groups is 1. The van der Waals surface area contributed by atoms with Gasteiger partial charge in [-0.05, 0) is 53.9 Å². The number of phenols is 1. The third-order valence-electron chi connectivity index (χ3n) is 8.05. The lowest BCUT2D eigenvalue weighted by atomic mass is 10.0. The molecule has 2 atom stereocenters. The van der Waals surface area contributed by atoms with Crippen LogP contribution in [0.15, 0.2) is 78.9 Å². The number of phenolic OH excluding ortho intramolecular Hbond substituents is 1. The standard InChI is InChI=1S/C33H34N4O7/c38-26-12-10-25(11-13-26)32(42)36-18-16-35(17-19-36)31(41)24-8-6-22(7-9-24)20-27(33(43)44)34-30(40)28-14-15-29(39)37(28)21-23-4-2-1-3-5-23/h1-13,27-28,38H,14-21H2,(H,34,40)(H,43,44)/t27-,28-/m0/s1. The van der Waals surface area contributed by atoms with E-state index in [-0.39, 0.29) is 42.9 Å². The zero-order chi connectivity index (χ0) is 31.2. The Morgan fingerprint density at radius 3 is 1.86 bits per heavy atom. The van der Waals surface area contributed by atoms with Crippen LogP contribution in [0.25, 0.3) is 0 Å². The van der Waals surface area contributed by atoms with Crippen molar-refractivity contribution in [2.24, 2.45) is 0 Å². The van der Waals surface area contributed by atoms with Gasteiger partial charge in [0.05, 0.1) is 0 Å². The highest BCUT2D eigenvalue weighted by atomic mass is 16.4. The van der Waals surface area contributed by atoms with E-state index in [0.29, 0.717) is 49.3 Å². The van der Waals surface area contributed by atoms with Crippen LogP contribution in [0.2, 0.25) is 0 Å². The SMILES string of the molecule is O=C(O)[C@H](Cc1ccc(C(=O)N2CCN(C(=O)c3ccc(O)cc3)CC2)cc1)NC(=O)[C@@H]1CCC(=O)N1Cc1ccccc1. The number of rotatable bonds is 9. The number of piperazine rings is 1. The number of hydrogen-bond acceptors (Lipinski definition) is 6. The maximum atomic E-state index is 13.1. The molecule has 4 amide bonds. The van der Waals surface area contributed by atoms with Gasteiger partial charge in [-0.3, -0.25) is 19.2 Å². The Labute approximate surface area is 254 Å². The summed E-state index contributed by atoms with van der Waals surface area (Å²) >= 11 is 0. The Morgan fingerprint density at radius 1 is 0.773 bits per heavy atom. The van der Waals surface area contributed by atoms with Gasteiger partial charge in [0.15, 0.2) is 0 Å². The van der Waals surface area contributed by atoms with E-state index in [1.54, 1.807) is 46.2 Å². The molecule has 11 nitrogen and oxygen atoms in total. The van der Waals surface area contributed by atoms with E-state index in [9.17, 15) is 34.2 Å². The summed E-state index contributed by atoms with van der Waals surface area (Å²) in [5.41, 5.74) is 2.41. The molecule has 0 radical (unpaired) electrons. The minimum atomic E-state index is -1.21. The lowest BCUT2D eigenvalue weighted by molar-refractivity contribution is -0.143. The number of nitrogens with zero attached hydrogens (tertiary/aromatic N) is 3. The summed E-state index contributed by atoms with van der Waals surface area (Å²) in [7, 11) is 0. The number of aliphatic carboxylic acids is 1. The maximum absolute atomic E-state index is 13.1. The van der Waals surface area contributed by atoms with Gasteiger partial charge in [-0.15, -0.1) is 0 Å². The van der Waals surface area contributed by atoms with Crippen LogP contribution in [0.5, 0.6) is 5.75 Å². The molecule has 2 aliphatic rings. The Bertz CT molecular complexity index is 1520. The largest absolute Gasteiger partial charge is 0.508 e. The quantitative estimate of drug-likeness (QED) is 0.342. The van der Waals surface area contributed by atoms with Crippen LogP contribution < -0.4 is 5.32 Å². The highest BCUT2D eigenvalue weighted by Crippen LogP contribution is 2.22. The van der Waals surface area contributed by atoms with Crippen LogP contribution in [0, 0.1) is 0 Å². The molecule has 0 aliphatic carbocycles. The van der Waals surface area contributed by atoms with E-state index in [2.05, 4.69) is 5.32 Å². The van der Waals surface area contributed by atoms with Crippen molar-refractivity contribution in [2.45, 2.75) is 37.9 Å². The molecule has 0 aromatic heterocycles. The Hall–Kier alpha value is -5.19. The third kappa shape index (κ3) is 7.05. The molecule has 5 rings (SSSR count). The van der Waals surface area contributed by atoms with Crippen molar-refractivity contribution in [3.63, 3.8) is 0 Å². The molecule has 2 fully saturated rings. The first-order chi connectivity index (χ1) is 21.2. The Morgan fingerprint density at radius 2 is 1.32 bits per heavy atom. The lowest BCUT2D eigenvalue weighted by Gasteiger charge is -2.35. The van der Waals surface area contributed by atoms with Gasteiger partial charge in [-0.1, -0.05) is 42.5 Å². The van der Waals surface area contributed by atoms with Crippen LogP contribution in [0.3, 0.4) is 0 Å². The first kappa shape index (κ1) is 30.3. The molecule has 3 N–H and O–H groups in total. The summed E-state index contributed by atoms with van der Waals surface area (Å²) in [5.74, 6) is -2.12. The van der Waals surface area contributed by atoms with Crippen LogP contribution >= 0.6 is 0 Å². The minimum absolute atomic E-state index is 0.00689. The molecule has 2 saturated heterocycles. The molecule has 44 heavy (non-hydrogen) atoms. The highest BCUT2D eigenvalue weighted by molar-refractivity contribution is 5.96. The number of carboxylic acids is 1. The summed E-state index contributed by atoms with van der Waals surface area (Å²) in [5, 5.41) is 21.9. The molecule has 228 valence electrons. The van der Waals surface area contributed by atoms with Crippen molar-refractivity contribution >= 4 is 29.6 Å². The molecular weight excluding hydrogens is 564 g/mol. The second kappa shape index (κ2) is 13.4. The van der Waals surface area contributed by atoms with E-state index in [4.69, 9.17) is 0 Å². The fraction of sp³-hybridized carbons (Fsp3) is 0.303. The van der Waals surface area contributed by atoms with Gasteiger partial charge in [0.1, 0.15) is 17.8 Å². The van der Waals surface area contributed by atoms with Gasteiger partial charge in [0.2, 0.25) is 11.8 Å². The number of benzene rings is 3. The second-order valence-corrected chi connectivity index (χ2v) is 11.0. The highest BCUT2D eigenvalue weighted by Gasteiger charge is 2.37. The number of carbonyl (C=O) groups excluding carboxylic acids is 4. The first-order valence-electron chi connectivity index (χ1n) is 14.5. The predicted octanol–water partition coefficient (Wildman–Crippen LogP) is 2.29. The van der Waals surface area contributed by atoms with Crippen molar-refractivity contribution in [3.8, 4) is 5.75 Å². The molecule has 3 aromatic rings. The molecule has 2 aliphatic heterocycles. The van der Waals surface area contributed by atoms with Gasteiger partial charge in [-0.25, -0.2) is 4.79 Å². The van der Waals surface area contributed by atoms with Gasteiger partial charge >= 0.3 is 5.97 Å². The summed E-state index contributed by atoms with van der Waals surface area (Å²) in [6.45, 7) is 1.75. The lowest BCUT2D eigenvalue weighted by Crippen LogP contribution is -2.50. The number of likely N-dealkylation sites (tertiary alicyclic amines) is 1. The molecule has 11 heteroatoms. The van der Waals surface area contributed by atoms with E-state index in [1.807, 2.05) is 30.3 Å².